The summed E-state index contributed by atoms with van der Waals surface area (Å²) >= 11 is 2.90. The first-order chi connectivity index (χ1) is 10.9. The van der Waals surface area contributed by atoms with E-state index in [0.29, 0.717) is 10.8 Å². The van der Waals surface area contributed by atoms with E-state index in [0.717, 1.165) is 33.0 Å². The van der Waals surface area contributed by atoms with Crippen molar-refractivity contribution in [2.24, 2.45) is 0 Å². The Morgan fingerprint density at radius 1 is 1.35 bits per heavy atom. The van der Waals surface area contributed by atoms with E-state index in [2.05, 4.69) is 15.3 Å². The minimum absolute atomic E-state index is 0.206. The number of fused-ring (bicyclic) bond motifs is 1. The number of carbonyl (C=O) groups is 1. The Balaban J connectivity index is 1.81. The molecule has 0 saturated heterocycles. The Hall–Kier alpha value is -2.03. The summed E-state index contributed by atoms with van der Waals surface area (Å²) in [6.07, 6.45) is 0. The molecule has 120 valence electrons. The van der Waals surface area contributed by atoms with Crippen LogP contribution in [0, 0.1) is 6.92 Å². The number of nitrogens with zero attached hydrogens (tertiary/aromatic N) is 3. The zero-order valence-electron chi connectivity index (χ0n) is 13.1. The normalized spacial score (nSPS) is 11.3. The molecule has 23 heavy (non-hydrogen) atoms. The molecule has 8 heteroatoms. The van der Waals surface area contributed by atoms with Crippen molar-refractivity contribution < 1.29 is 4.79 Å². The van der Waals surface area contributed by atoms with Crippen molar-refractivity contribution in [1.29, 1.82) is 0 Å². The second-order valence-electron chi connectivity index (χ2n) is 5.51. The Labute approximate surface area is 142 Å². The molecule has 6 nitrogen and oxygen atoms in total. The number of aromatic nitrogens is 2. The summed E-state index contributed by atoms with van der Waals surface area (Å²) in [7, 11) is 3.94. The Kier molecular flexibility index (Phi) is 4.29. The van der Waals surface area contributed by atoms with Gasteiger partial charge in [0, 0.05) is 17.6 Å². The number of carbonyl (C=O) groups excluding carboxylic acids is 1. The summed E-state index contributed by atoms with van der Waals surface area (Å²) < 4.78 is 0.962. The van der Waals surface area contributed by atoms with Crippen molar-refractivity contribution in [1.82, 2.24) is 14.9 Å². The van der Waals surface area contributed by atoms with Crippen molar-refractivity contribution >= 4 is 49.6 Å². The Morgan fingerprint density at radius 3 is 2.87 bits per heavy atom. The smallest absolute Gasteiger partial charge is 0.275 e. The summed E-state index contributed by atoms with van der Waals surface area (Å²) in [6, 6.07) is 3.79. The molecule has 2 heterocycles. The zero-order chi connectivity index (χ0) is 16.6. The van der Waals surface area contributed by atoms with Gasteiger partial charge in [-0.05, 0) is 38.7 Å². The number of anilines is 2. The highest BCUT2D eigenvalue weighted by molar-refractivity contribution is 7.22. The molecule has 1 amide bonds. The highest BCUT2D eigenvalue weighted by Gasteiger charge is 2.13. The van der Waals surface area contributed by atoms with E-state index in [-0.39, 0.29) is 5.91 Å². The average molecular weight is 347 g/mol. The fraction of sp³-hybridized carbons (Fsp3) is 0.267. The van der Waals surface area contributed by atoms with Gasteiger partial charge in [-0.25, -0.2) is 9.97 Å². The molecule has 0 atom stereocenters. The van der Waals surface area contributed by atoms with Crippen LogP contribution >= 0.6 is 22.7 Å². The topological polar surface area (TPSA) is 84.1 Å². The predicted octanol–water partition coefficient (Wildman–Crippen LogP) is 2.96. The molecule has 0 saturated carbocycles. The largest absolute Gasteiger partial charge is 0.375 e. The average Bonchev–Trinajstić information content (AvgIpc) is 3.04. The molecular weight excluding hydrogens is 330 g/mol. The predicted molar refractivity (Wildman–Crippen MR) is 96.2 cm³/mol. The monoisotopic (exact) mass is 347 g/mol. The van der Waals surface area contributed by atoms with Crippen LogP contribution in [0.15, 0.2) is 17.5 Å². The standard InChI is InChI=1S/C15H17N5OS2/c1-8-4-9(5-11-13(8)19-15(16)23-11)17-14(21)10-7-22-12(18-10)6-20(2)3/h4-5,7H,6H2,1-3H3,(H2,16,19)(H,17,21). The van der Waals surface area contributed by atoms with E-state index in [9.17, 15) is 4.79 Å². The van der Waals surface area contributed by atoms with E-state index in [1.54, 1.807) is 5.38 Å². The van der Waals surface area contributed by atoms with Gasteiger partial charge in [0.25, 0.3) is 5.91 Å². The first-order valence-corrected chi connectivity index (χ1v) is 8.69. The summed E-state index contributed by atoms with van der Waals surface area (Å²) in [5, 5.41) is 6.12. The fourth-order valence-corrected chi connectivity index (χ4v) is 3.98. The number of hydrogen-bond donors (Lipinski definition) is 2. The molecule has 3 aromatic rings. The van der Waals surface area contributed by atoms with Crippen molar-refractivity contribution in [2.45, 2.75) is 13.5 Å². The number of nitrogens with two attached hydrogens (primary N) is 1. The van der Waals surface area contributed by atoms with Gasteiger partial charge in [0.1, 0.15) is 10.7 Å². The SMILES string of the molecule is Cc1cc(NC(=O)c2csc(CN(C)C)n2)cc2sc(N)nc12. The molecule has 2 aromatic heterocycles. The fourth-order valence-electron chi connectivity index (χ4n) is 2.24. The van der Waals surface area contributed by atoms with Crippen LogP contribution in [0.5, 0.6) is 0 Å². The van der Waals surface area contributed by atoms with E-state index >= 15 is 0 Å². The molecule has 0 spiro atoms. The van der Waals surface area contributed by atoms with Crippen LogP contribution in [-0.4, -0.2) is 34.9 Å². The number of hydrogen-bond acceptors (Lipinski definition) is 7. The van der Waals surface area contributed by atoms with Gasteiger partial charge in [0.15, 0.2) is 5.13 Å². The second kappa shape index (κ2) is 6.23. The van der Waals surface area contributed by atoms with E-state index < -0.39 is 0 Å². The highest BCUT2D eigenvalue weighted by Crippen LogP contribution is 2.29. The number of aryl methyl sites for hydroxylation is 1. The van der Waals surface area contributed by atoms with Gasteiger partial charge in [0.2, 0.25) is 0 Å². The van der Waals surface area contributed by atoms with Gasteiger partial charge >= 0.3 is 0 Å². The van der Waals surface area contributed by atoms with Crippen LogP contribution in [0.2, 0.25) is 0 Å². The number of nitrogen functional groups attached to an aromatic ring is 1. The highest BCUT2D eigenvalue weighted by atomic mass is 32.1. The summed E-state index contributed by atoms with van der Waals surface area (Å²) in [5.74, 6) is -0.206. The van der Waals surface area contributed by atoms with Gasteiger partial charge in [0.05, 0.1) is 10.2 Å². The zero-order valence-corrected chi connectivity index (χ0v) is 14.7. The van der Waals surface area contributed by atoms with Crippen LogP contribution in [0.25, 0.3) is 10.2 Å². The third-order valence-electron chi connectivity index (χ3n) is 3.20. The molecule has 0 aliphatic heterocycles. The number of amides is 1. The number of thiazole rings is 2. The molecular formula is C15H17N5OS2. The molecule has 1 aromatic carbocycles. The van der Waals surface area contributed by atoms with E-state index in [4.69, 9.17) is 5.73 Å². The summed E-state index contributed by atoms with van der Waals surface area (Å²) in [5.41, 5.74) is 8.78. The lowest BCUT2D eigenvalue weighted by Gasteiger charge is -2.06. The van der Waals surface area contributed by atoms with Gasteiger partial charge < -0.3 is 16.0 Å². The third-order valence-corrected chi connectivity index (χ3v) is 4.86. The minimum atomic E-state index is -0.206. The van der Waals surface area contributed by atoms with Crippen molar-refractivity contribution in [3.63, 3.8) is 0 Å². The molecule has 0 unspecified atom stereocenters. The van der Waals surface area contributed by atoms with Crippen molar-refractivity contribution in [3.05, 3.63) is 33.8 Å². The first-order valence-electron chi connectivity index (χ1n) is 6.99. The minimum Gasteiger partial charge on any atom is -0.375 e. The summed E-state index contributed by atoms with van der Waals surface area (Å²) in [6.45, 7) is 2.68. The molecule has 3 N–H and O–H groups in total. The maximum atomic E-state index is 12.3. The molecule has 0 fully saturated rings. The van der Waals surface area contributed by atoms with Gasteiger partial charge in [-0.15, -0.1) is 11.3 Å². The number of rotatable bonds is 4. The van der Waals surface area contributed by atoms with Crippen molar-refractivity contribution in [3.8, 4) is 0 Å². The van der Waals surface area contributed by atoms with Gasteiger partial charge in [-0.2, -0.15) is 0 Å². The van der Waals surface area contributed by atoms with E-state index in [1.807, 2.05) is 38.1 Å². The van der Waals surface area contributed by atoms with Crippen molar-refractivity contribution in [2.75, 3.05) is 25.1 Å². The Bertz CT molecular complexity index is 868. The lowest BCUT2D eigenvalue weighted by molar-refractivity contribution is 0.102. The van der Waals surface area contributed by atoms with Gasteiger partial charge in [-0.3, -0.25) is 4.79 Å². The lowest BCUT2D eigenvalue weighted by atomic mass is 10.2. The van der Waals surface area contributed by atoms with Crippen LogP contribution in [0.3, 0.4) is 0 Å². The van der Waals surface area contributed by atoms with Crippen LogP contribution in [-0.2, 0) is 6.54 Å². The van der Waals surface area contributed by atoms with Crippen LogP contribution < -0.4 is 11.1 Å². The maximum absolute atomic E-state index is 12.3. The lowest BCUT2D eigenvalue weighted by Crippen LogP contribution is -2.14. The number of nitrogens with one attached hydrogen (secondary N) is 1. The Morgan fingerprint density at radius 2 is 2.13 bits per heavy atom. The molecule has 3 rings (SSSR count). The quantitative estimate of drug-likeness (QED) is 0.758. The van der Waals surface area contributed by atoms with Gasteiger partial charge in [-0.1, -0.05) is 11.3 Å². The molecule has 0 aliphatic carbocycles. The van der Waals surface area contributed by atoms with Crippen LogP contribution in [0.4, 0.5) is 10.8 Å². The number of benzene rings is 1. The maximum Gasteiger partial charge on any atom is 0.275 e. The molecule has 0 bridgehead atoms. The van der Waals surface area contributed by atoms with Crippen LogP contribution in [0.1, 0.15) is 21.1 Å². The van der Waals surface area contributed by atoms with E-state index in [1.165, 1.54) is 22.7 Å². The second-order valence-corrected chi connectivity index (χ2v) is 7.52. The molecule has 0 radical (unpaired) electrons. The molecule has 0 aliphatic rings. The first kappa shape index (κ1) is 15.9. The summed E-state index contributed by atoms with van der Waals surface area (Å²) in [4.78, 5) is 23.0. The third kappa shape index (κ3) is 3.49.